The van der Waals surface area contributed by atoms with Gasteiger partial charge in [0.1, 0.15) is 11.2 Å². The van der Waals surface area contributed by atoms with Crippen LogP contribution in [0.2, 0.25) is 0 Å². The Kier molecular flexibility index (Phi) is 7.10. The van der Waals surface area contributed by atoms with Crippen molar-refractivity contribution in [3.63, 3.8) is 0 Å². The molecule has 4 heteroatoms. The standard InChI is InChI=1S/C45H29N3O/c1-4-13-30(14-5-1)33-19-12-20-34(25-33)37-26-36(31-15-6-2-7-16-31)27-38(28-37)45-47-43(32-17-8-3-9-18-32)46-44(48-45)35-23-24-40-39-21-10-11-22-41(39)49-42(40)29-35/h1-29H. The van der Waals surface area contributed by atoms with E-state index in [1.165, 1.54) is 11.1 Å². The lowest BCUT2D eigenvalue weighted by Gasteiger charge is -2.13. The van der Waals surface area contributed by atoms with Crippen molar-refractivity contribution in [2.24, 2.45) is 0 Å². The molecule has 0 bridgehead atoms. The highest BCUT2D eigenvalue weighted by atomic mass is 16.3. The maximum atomic E-state index is 6.24. The molecule has 7 aromatic carbocycles. The van der Waals surface area contributed by atoms with Gasteiger partial charge in [-0.3, -0.25) is 0 Å². The Morgan fingerprint density at radius 3 is 1.41 bits per heavy atom. The van der Waals surface area contributed by atoms with Crippen LogP contribution in [0.25, 0.3) is 89.5 Å². The molecule has 9 aromatic rings. The molecular weight excluding hydrogens is 599 g/mol. The zero-order valence-corrected chi connectivity index (χ0v) is 26.5. The zero-order chi connectivity index (χ0) is 32.6. The number of hydrogen-bond acceptors (Lipinski definition) is 4. The van der Waals surface area contributed by atoms with Crippen LogP contribution in [0.1, 0.15) is 0 Å². The Morgan fingerprint density at radius 2 is 0.714 bits per heavy atom. The van der Waals surface area contributed by atoms with Crippen molar-refractivity contribution in [3.05, 3.63) is 176 Å². The van der Waals surface area contributed by atoms with Gasteiger partial charge in [-0.25, -0.2) is 15.0 Å². The minimum atomic E-state index is 0.587. The third-order valence-corrected chi connectivity index (χ3v) is 8.91. The zero-order valence-electron chi connectivity index (χ0n) is 26.5. The normalized spacial score (nSPS) is 11.3. The Morgan fingerprint density at radius 1 is 0.265 bits per heavy atom. The monoisotopic (exact) mass is 627 g/mol. The second-order valence-electron chi connectivity index (χ2n) is 12.1. The van der Waals surface area contributed by atoms with Gasteiger partial charge in [-0.05, 0) is 75.8 Å². The molecule has 0 spiro atoms. The minimum Gasteiger partial charge on any atom is -0.456 e. The third-order valence-electron chi connectivity index (χ3n) is 8.91. The molecule has 0 atom stereocenters. The summed E-state index contributed by atoms with van der Waals surface area (Å²) in [5, 5.41) is 2.15. The number of nitrogens with zero attached hydrogens (tertiary/aromatic N) is 3. The molecule has 0 aliphatic carbocycles. The van der Waals surface area contributed by atoms with Gasteiger partial charge in [0.15, 0.2) is 17.5 Å². The van der Waals surface area contributed by atoms with Gasteiger partial charge in [0.05, 0.1) is 0 Å². The fourth-order valence-corrected chi connectivity index (χ4v) is 6.45. The average molecular weight is 628 g/mol. The van der Waals surface area contributed by atoms with E-state index >= 15 is 0 Å². The van der Waals surface area contributed by atoms with Crippen molar-refractivity contribution >= 4 is 21.9 Å². The first-order chi connectivity index (χ1) is 24.2. The molecule has 2 aromatic heterocycles. The molecule has 0 N–H and O–H groups in total. The highest BCUT2D eigenvalue weighted by Gasteiger charge is 2.16. The summed E-state index contributed by atoms with van der Waals surface area (Å²) in [4.78, 5) is 15.2. The van der Waals surface area contributed by atoms with Gasteiger partial charge in [-0.15, -0.1) is 0 Å². The summed E-state index contributed by atoms with van der Waals surface area (Å²) in [6, 6.07) is 60.6. The molecule has 0 aliphatic heterocycles. The lowest BCUT2D eigenvalue weighted by atomic mass is 9.94. The maximum Gasteiger partial charge on any atom is 0.164 e. The summed E-state index contributed by atoms with van der Waals surface area (Å²) < 4.78 is 6.24. The van der Waals surface area contributed by atoms with Gasteiger partial charge >= 0.3 is 0 Å². The molecule has 0 unspecified atom stereocenters. The van der Waals surface area contributed by atoms with E-state index in [1.807, 2.05) is 66.7 Å². The highest BCUT2D eigenvalue weighted by Crippen LogP contribution is 2.36. The van der Waals surface area contributed by atoms with Crippen LogP contribution >= 0.6 is 0 Å². The van der Waals surface area contributed by atoms with Crippen molar-refractivity contribution < 1.29 is 4.42 Å². The first kappa shape index (κ1) is 28.6. The maximum absolute atomic E-state index is 6.24. The summed E-state index contributed by atoms with van der Waals surface area (Å²) in [6.07, 6.45) is 0. The van der Waals surface area contributed by atoms with Gasteiger partial charge in [0.25, 0.3) is 0 Å². The summed E-state index contributed by atoms with van der Waals surface area (Å²) in [5.41, 5.74) is 11.1. The van der Waals surface area contributed by atoms with Gasteiger partial charge in [0, 0.05) is 27.5 Å². The van der Waals surface area contributed by atoms with Gasteiger partial charge in [-0.1, -0.05) is 133 Å². The first-order valence-electron chi connectivity index (χ1n) is 16.4. The fraction of sp³-hybridized carbons (Fsp3) is 0. The van der Waals surface area contributed by atoms with E-state index < -0.39 is 0 Å². The smallest absolute Gasteiger partial charge is 0.164 e. The molecule has 230 valence electrons. The molecule has 4 nitrogen and oxygen atoms in total. The summed E-state index contributed by atoms with van der Waals surface area (Å²) >= 11 is 0. The van der Waals surface area contributed by atoms with Gasteiger partial charge < -0.3 is 4.42 Å². The summed E-state index contributed by atoms with van der Waals surface area (Å²) in [6.45, 7) is 0. The second kappa shape index (κ2) is 12.2. The molecule has 9 rings (SSSR count). The van der Waals surface area contributed by atoms with E-state index in [2.05, 4.69) is 109 Å². The van der Waals surface area contributed by atoms with Crippen molar-refractivity contribution in [1.82, 2.24) is 15.0 Å². The molecule has 0 radical (unpaired) electrons. The summed E-state index contributed by atoms with van der Waals surface area (Å²) in [5.74, 6) is 1.80. The Balaban J connectivity index is 1.24. The summed E-state index contributed by atoms with van der Waals surface area (Å²) in [7, 11) is 0. The highest BCUT2D eigenvalue weighted by molar-refractivity contribution is 6.05. The van der Waals surface area contributed by atoms with Gasteiger partial charge in [-0.2, -0.15) is 0 Å². The number of para-hydroxylation sites is 1. The molecule has 0 fully saturated rings. The first-order valence-corrected chi connectivity index (χ1v) is 16.4. The molecule has 0 aliphatic rings. The number of hydrogen-bond donors (Lipinski definition) is 0. The molecular formula is C45H29N3O. The lowest BCUT2D eigenvalue weighted by molar-refractivity contribution is 0.669. The number of aromatic nitrogens is 3. The molecule has 49 heavy (non-hydrogen) atoms. The van der Waals surface area contributed by atoms with Crippen LogP contribution in [-0.2, 0) is 0 Å². The Hall–Kier alpha value is -6.65. The van der Waals surface area contributed by atoms with Crippen molar-refractivity contribution in [3.8, 4) is 67.5 Å². The minimum absolute atomic E-state index is 0.587. The van der Waals surface area contributed by atoms with Crippen LogP contribution in [0, 0.1) is 0 Å². The second-order valence-corrected chi connectivity index (χ2v) is 12.1. The number of furan rings is 1. The molecule has 0 saturated heterocycles. The van der Waals surface area contributed by atoms with Crippen LogP contribution in [0.4, 0.5) is 0 Å². The van der Waals surface area contributed by atoms with Crippen molar-refractivity contribution in [1.29, 1.82) is 0 Å². The van der Waals surface area contributed by atoms with E-state index in [0.29, 0.717) is 17.5 Å². The predicted octanol–water partition coefficient (Wildman–Crippen LogP) is 11.8. The predicted molar refractivity (Wildman–Crippen MR) is 200 cm³/mol. The Bertz CT molecular complexity index is 2590. The van der Waals surface area contributed by atoms with Crippen LogP contribution < -0.4 is 0 Å². The van der Waals surface area contributed by atoms with Crippen molar-refractivity contribution in [2.45, 2.75) is 0 Å². The van der Waals surface area contributed by atoms with Crippen LogP contribution in [0.5, 0.6) is 0 Å². The molecule has 0 saturated carbocycles. The van der Waals surface area contributed by atoms with E-state index in [-0.39, 0.29) is 0 Å². The lowest BCUT2D eigenvalue weighted by Crippen LogP contribution is -2.00. The van der Waals surface area contributed by atoms with E-state index in [1.54, 1.807) is 0 Å². The van der Waals surface area contributed by atoms with Crippen LogP contribution in [-0.4, -0.2) is 15.0 Å². The average Bonchev–Trinajstić information content (AvgIpc) is 3.57. The topological polar surface area (TPSA) is 51.8 Å². The number of rotatable bonds is 6. The largest absolute Gasteiger partial charge is 0.456 e. The van der Waals surface area contributed by atoms with Crippen molar-refractivity contribution in [2.75, 3.05) is 0 Å². The van der Waals surface area contributed by atoms with Crippen LogP contribution in [0.3, 0.4) is 0 Å². The quantitative estimate of drug-likeness (QED) is 0.184. The van der Waals surface area contributed by atoms with Gasteiger partial charge in [0.2, 0.25) is 0 Å². The number of benzene rings is 7. The van der Waals surface area contributed by atoms with E-state index in [0.717, 1.165) is 60.9 Å². The third kappa shape index (κ3) is 5.56. The Labute approximate surface area is 284 Å². The van der Waals surface area contributed by atoms with Crippen LogP contribution in [0.15, 0.2) is 180 Å². The van der Waals surface area contributed by atoms with E-state index in [9.17, 15) is 0 Å². The van der Waals surface area contributed by atoms with E-state index in [4.69, 9.17) is 19.4 Å². The number of fused-ring (bicyclic) bond motifs is 3. The fourth-order valence-electron chi connectivity index (χ4n) is 6.45. The molecule has 0 amide bonds. The molecule has 2 heterocycles. The SMILES string of the molecule is c1ccc(-c2cccc(-c3cc(-c4ccccc4)cc(-c4nc(-c5ccccc5)nc(-c5ccc6c(c5)oc5ccccc56)n4)c3)c2)cc1.